The van der Waals surface area contributed by atoms with Crippen LogP contribution in [0.1, 0.15) is 66.2 Å². The lowest BCUT2D eigenvalue weighted by Gasteiger charge is -2.55. The van der Waals surface area contributed by atoms with Crippen molar-refractivity contribution in [1.29, 1.82) is 0 Å². The average molecular weight is 302 g/mol. The Balaban J connectivity index is 0.00000144. The fraction of sp³-hybridized carbons (Fsp3) is 0.750. The van der Waals surface area contributed by atoms with Gasteiger partial charge in [0.05, 0.1) is 6.10 Å². The van der Waals surface area contributed by atoms with Crippen LogP contribution in [0.15, 0.2) is 22.8 Å². The highest BCUT2D eigenvalue weighted by molar-refractivity contribution is 5.91. The van der Waals surface area contributed by atoms with Gasteiger partial charge in [-0.1, -0.05) is 25.5 Å². The number of hydrogen-bond acceptors (Lipinski definition) is 2. The molecule has 0 saturated heterocycles. The van der Waals surface area contributed by atoms with Crippen LogP contribution in [0.3, 0.4) is 0 Å². The van der Waals surface area contributed by atoms with Gasteiger partial charge in [0, 0.05) is 6.42 Å². The number of fused-ring (bicyclic) bond motifs is 5. The molecular formula is C20H30O2. The Morgan fingerprint density at radius 3 is 2.77 bits per heavy atom. The zero-order valence-corrected chi connectivity index (χ0v) is 13.2. The maximum Gasteiger partial charge on any atom is 0.155 e. The summed E-state index contributed by atoms with van der Waals surface area (Å²) in [5, 5.41) is 10.7. The van der Waals surface area contributed by atoms with Gasteiger partial charge >= 0.3 is 0 Å². The number of carbonyl (C=O) groups is 1. The summed E-state index contributed by atoms with van der Waals surface area (Å²) in [6.45, 7) is 4.63. The van der Waals surface area contributed by atoms with Crippen LogP contribution in [-0.4, -0.2) is 17.0 Å². The molecule has 0 aromatic carbocycles. The molecule has 0 aromatic heterocycles. The molecule has 0 aromatic rings. The molecule has 2 saturated carbocycles. The first-order valence-corrected chi connectivity index (χ1v) is 8.62. The number of rotatable bonds is 0. The number of allylic oxidation sites excluding steroid dienone is 3. The van der Waals surface area contributed by atoms with E-state index in [4.69, 9.17) is 0 Å². The van der Waals surface area contributed by atoms with Gasteiger partial charge in [-0.15, -0.1) is 0 Å². The summed E-state index contributed by atoms with van der Waals surface area (Å²) in [5.74, 6) is 2.24. The van der Waals surface area contributed by atoms with Crippen molar-refractivity contribution in [2.24, 2.45) is 23.2 Å². The van der Waals surface area contributed by atoms with Crippen LogP contribution >= 0.6 is 0 Å². The Morgan fingerprint density at radius 2 is 2.00 bits per heavy atom. The number of ketones is 1. The summed E-state index contributed by atoms with van der Waals surface area (Å²) < 4.78 is 0. The van der Waals surface area contributed by atoms with E-state index >= 15 is 0 Å². The molecular weight excluding hydrogens is 272 g/mol. The zero-order valence-electron chi connectivity index (χ0n) is 13.2. The van der Waals surface area contributed by atoms with E-state index < -0.39 is 0 Å². The van der Waals surface area contributed by atoms with Gasteiger partial charge < -0.3 is 5.11 Å². The van der Waals surface area contributed by atoms with Crippen LogP contribution in [0.4, 0.5) is 0 Å². The van der Waals surface area contributed by atoms with Gasteiger partial charge in [-0.2, -0.15) is 0 Å². The summed E-state index contributed by atoms with van der Waals surface area (Å²) in [6, 6.07) is 0. The molecule has 122 valence electrons. The summed E-state index contributed by atoms with van der Waals surface area (Å²) >= 11 is 0. The molecule has 0 aliphatic heterocycles. The fourth-order valence-electron chi connectivity index (χ4n) is 6.02. The van der Waals surface area contributed by atoms with Gasteiger partial charge in [-0.05, 0) is 80.3 Å². The monoisotopic (exact) mass is 302 g/mol. The molecule has 22 heavy (non-hydrogen) atoms. The molecule has 5 atom stereocenters. The summed E-state index contributed by atoms with van der Waals surface area (Å²) in [5.41, 5.74) is 4.46. The van der Waals surface area contributed by atoms with E-state index in [9.17, 15) is 9.90 Å². The predicted octanol–water partition coefficient (Wildman–Crippen LogP) is 4.44. The van der Waals surface area contributed by atoms with Crippen LogP contribution in [0, 0.1) is 23.2 Å². The largest absolute Gasteiger partial charge is 0.389 e. The molecule has 1 N–H and O–H groups in total. The van der Waals surface area contributed by atoms with Crippen molar-refractivity contribution in [3.8, 4) is 0 Å². The average Bonchev–Trinajstić information content (AvgIpc) is 2.83. The van der Waals surface area contributed by atoms with E-state index in [0.29, 0.717) is 18.3 Å². The standard InChI is InChI=1S/C19H26O2.CH4/c1-11-3-4-14-13(11)5-6-16-15(14)10-18(21)17-9-12(20)7-8-19(16,17)2;/h9,14-16,18,21H,3-8,10H2,1-2H3;1H4/t14?,15?,16?,18-,19-;/m1./s1. The number of aliphatic hydroxyl groups is 1. The minimum absolute atomic E-state index is 0. The Hall–Kier alpha value is -0.890. The lowest BCUT2D eigenvalue weighted by Crippen LogP contribution is -2.50. The Morgan fingerprint density at radius 1 is 1.23 bits per heavy atom. The smallest absolute Gasteiger partial charge is 0.155 e. The van der Waals surface area contributed by atoms with Gasteiger partial charge in [0.15, 0.2) is 5.78 Å². The summed E-state index contributed by atoms with van der Waals surface area (Å²) in [4.78, 5) is 11.8. The minimum Gasteiger partial charge on any atom is -0.389 e. The van der Waals surface area contributed by atoms with Crippen molar-refractivity contribution in [3.05, 3.63) is 22.8 Å². The highest BCUT2D eigenvalue weighted by Crippen LogP contribution is 2.61. The van der Waals surface area contributed by atoms with Crippen molar-refractivity contribution in [3.63, 3.8) is 0 Å². The second kappa shape index (κ2) is 5.33. The minimum atomic E-state index is -0.388. The summed E-state index contributed by atoms with van der Waals surface area (Å²) in [6.07, 6.45) is 8.95. The second-order valence-corrected chi connectivity index (χ2v) is 7.99. The topological polar surface area (TPSA) is 37.3 Å². The highest BCUT2D eigenvalue weighted by atomic mass is 16.3. The molecule has 2 nitrogen and oxygen atoms in total. The quantitative estimate of drug-likeness (QED) is 0.672. The molecule has 4 rings (SSSR count). The van der Waals surface area contributed by atoms with Gasteiger partial charge in [-0.25, -0.2) is 0 Å². The van der Waals surface area contributed by atoms with Gasteiger partial charge in [0.2, 0.25) is 0 Å². The summed E-state index contributed by atoms with van der Waals surface area (Å²) in [7, 11) is 0. The molecule has 3 unspecified atom stereocenters. The lowest BCUT2D eigenvalue weighted by atomic mass is 9.50. The third kappa shape index (κ3) is 2.06. The molecule has 0 spiro atoms. The van der Waals surface area contributed by atoms with Crippen molar-refractivity contribution < 1.29 is 9.90 Å². The van der Waals surface area contributed by atoms with Crippen LogP contribution in [-0.2, 0) is 4.79 Å². The first kappa shape index (κ1) is 16.0. The maximum atomic E-state index is 11.8. The van der Waals surface area contributed by atoms with Crippen LogP contribution in [0.5, 0.6) is 0 Å². The molecule has 2 heteroatoms. The molecule has 0 bridgehead atoms. The third-order valence-electron chi connectivity index (χ3n) is 7.12. The molecule has 0 amide bonds. The number of aliphatic hydroxyl groups excluding tert-OH is 1. The third-order valence-corrected chi connectivity index (χ3v) is 7.12. The lowest BCUT2D eigenvalue weighted by molar-refractivity contribution is -0.117. The van der Waals surface area contributed by atoms with E-state index in [2.05, 4.69) is 13.8 Å². The predicted molar refractivity (Wildman–Crippen MR) is 89.4 cm³/mol. The van der Waals surface area contributed by atoms with Gasteiger partial charge in [0.1, 0.15) is 0 Å². The van der Waals surface area contributed by atoms with Crippen LogP contribution in [0.2, 0.25) is 0 Å². The second-order valence-electron chi connectivity index (χ2n) is 7.99. The normalized spacial score (nSPS) is 43.8. The molecule has 0 heterocycles. The molecule has 2 fully saturated rings. The Kier molecular flexibility index (Phi) is 3.87. The fourth-order valence-corrected chi connectivity index (χ4v) is 6.02. The van der Waals surface area contributed by atoms with E-state index in [-0.39, 0.29) is 24.7 Å². The van der Waals surface area contributed by atoms with Crippen molar-refractivity contribution in [2.75, 3.05) is 0 Å². The van der Waals surface area contributed by atoms with E-state index in [1.807, 2.05) is 0 Å². The molecule has 0 radical (unpaired) electrons. The van der Waals surface area contributed by atoms with Crippen molar-refractivity contribution in [1.82, 2.24) is 0 Å². The van der Waals surface area contributed by atoms with E-state index in [0.717, 1.165) is 24.3 Å². The van der Waals surface area contributed by atoms with Gasteiger partial charge in [-0.3, -0.25) is 4.79 Å². The van der Waals surface area contributed by atoms with E-state index in [1.54, 1.807) is 17.2 Å². The SMILES string of the molecule is C.CC1=C2CCC3C(C[C@@H](O)C4=CC(=O)CC[C@@]43C)C2CC1. The van der Waals surface area contributed by atoms with Gasteiger partial charge in [0.25, 0.3) is 0 Å². The van der Waals surface area contributed by atoms with Crippen LogP contribution in [0.25, 0.3) is 0 Å². The molecule has 4 aliphatic carbocycles. The first-order valence-electron chi connectivity index (χ1n) is 8.62. The Bertz CT molecular complexity index is 556. The van der Waals surface area contributed by atoms with Crippen molar-refractivity contribution >= 4 is 5.78 Å². The Labute approximate surface area is 134 Å². The first-order chi connectivity index (χ1) is 10.0. The molecule has 4 aliphatic rings. The maximum absolute atomic E-state index is 11.8. The number of carbonyl (C=O) groups excluding carboxylic acids is 1. The van der Waals surface area contributed by atoms with Crippen molar-refractivity contribution in [2.45, 2.75) is 72.3 Å². The zero-order chi connectivity index (χ0) is 14.8. The highest BCUT2D eigenvalue weighted by Gasteiger charge is 2.54. The van der Waals surface area contributed by atoms with E-state index in [1.165, 1.54) is 25.7 Å². The number of hydrogen-bond donors (Lipinski definition) is 1. The van der Waals surface area contributed by atoms with Crippen LogP contribution < -0.4 is 0 Å².